The fraction of sp³-hybridized carbons (Fsp3) is 0.308. The third kappa shape index (κ3) is 5.32. The summed E-state index contributed by atoms with van der Waals surface area (Å²) in [6, 6.07) is 9.68. The molecule has 1 aromatic rings. The summed E-state index contributed by atoms with van der Waals surface area (Å²) in [4.78, 5) is 12.5. The SMILES string of the molecule is C[NH+](C)CCOC(=O)C=Cc1ccccc1. The van der Waals surface area contributed by atoms with Gasteiger partial charge >= 0.3 is 5.97 Å². The number of carbonyl (C=O) groups excluding carboxylic acids is 1. The molecule has 0 radical (unpaired) electrons. The number of esters is 1. The van der Waals surface area contributed by atoms with Crippen LogP contribution in [0.2, 0.25) is 0 Å². The molecule has 16 heavy (non-hydrogen) atoms. The monoisotopic (exact) mass is 220 g/mol. The van der Waals surface area contributed by atoms with Crippen molar-refractivity contribution in [1.82, 2.24) is 0 Å². The lowest BCUT2D eigenvalue weighted by Crippen LogP contribution is -3.06. The Kier molecular flexibility index (Phi) is 5.29. The number of ether oxygens (including phenoxy) is 1. The second-order valence-electron chi connectivity index (χ2n) is 3.87. The predicted octanol–water partition coefficient (Wildman–Crippen LogP) is 0.388. The molecule has 1 N–H and O–H groups in total. The third-order valence-electron chi connectivity index (χ3n) is 2.06. The average molecular weight is 220 g/mol. The van der Waals surface area contributed by atoms with Crippen LogP contribution >= 0.6 is 0 Å². The van der Waals surface area contributed by atoms with E-state index in [-0.39, 0.29) is 5.97 Å². The van der Waals surface area contributed by atoms with E-state index in [0.29, 0.717) is 6.61 Å². The molecule has 3 nitrogen and oxygen atoms in total. The van der Waals surface area contributed by atoms with Gasteiger partial charge in [-0.05, 0) is 11.6 Å². The highest BCUT2D eigenvalue weighted by Gasteiger charge is 1.98. The van der Waals surface area contributed by atoms with Crippen LogP contribution in [-0.2, 0) is 9.53 Å². The molecule has 3 heteroatoms. The van der Waals surface area contributed by atoms with Crippen molar-refractivity contribution in [3.63, 3.8) is 0 Å². The van der Waals surface area contributed by atoms with Gasteiger partial charge in [-0.2, -0.15) is 0 Å². The lowest BCUT2D eigenvalue weighted by atomic mass is 10.2. The molecule has 0 atom stereocenters. The van der Waals surface area contributed by atoms with Crippen LogP contribution in [0.15, 0.2) is 36.4 Å². The van der Waals surface area contributed by atoms with Crippen molar-refractivity contribution < 1.29 is 14.4 Å². The molecule has 0 aliphatic heterocycles. The van der Waals surface area contributed by atoms with Gasteiger partial charge in [-0.15, -0.1) is 0 Å². The summed E-state index contributed by atoms with van der Waals surface area (Å²) in [5.74, 6) is -0.287. The molecule has 0 aromatic heterocycles. The molecule has 0 fully saturated rings. The van der Waals surface area contributed by atoms with Gasteiger partial charge in [0.15, 0.2) is 0 Å². The van der Waals surface area contributed by atoms with Gasteiger partial charge in [0.1, 0.15) is 13.2 Å². The van der Waals surface area contributed by atoms with Crippen LogP contribution in [0, 0.1) is 0 Å². The largest absolute Gasteiger partial charge is 0.457 e. The molecule has 0 heterocycles. The zero-order chi connectivity index (χ0) is 11.8. The fourth-order valence-corrected chi connectivity index (χ4v) is 1.13. The van der Waals surface area contributed by atoms with Gasteiger partial charge in [0.25, 0.3) is 0 Å². The van der Waals surface area contributed by atoms with Crippen molar-refractivity contribution in [3.05, 3.63) is 42.0 Å². The summed E-state index contributed by atoms with van der Waals surface area (Å²) in [5.41, 5.74) is 0.998. The summed E-state index contributed by atoms with van der Waals surface area (Å²) in [7, 11) is 4.04. The topological polar surface area (TPSA) is 30.7 Å². The predicted molar refractivity (Wildman–Crippen MR) is 64.1 cm³/mol. The van der Waals surface area contributed by atoms with Gasteiger partial charge in [-0.25, -0.2) is 4.79 Å². The Balaban J connectivity index is 2.32. The molecule has 0 aliphatic rings. The van der Waals surface area contributed by atoms with Crippen molar-refractivity contribution in [2.24, 2.45) is 0 Å². The molecule has 0 unspecified atom stereocenters. The van der Waals surface area contributed by atoms with E-state index in [1.54, 1.807) is 6.08 Å². The Morgan fingerprint density at radius 1 is 1.31 bits per heavy atom. The summed E-state index contributed by atoms with van der Waals surface area (Å²) in [5, 5.41) is 0. The molecular weight excluding hydrogens is 202 g/mol. The van der Waals surface area contributed by atoms with Crippen LogP contribution in [0.4, 0.5) is 0 Å². The summed E-state index contributed by atoms with van der Waals surface area (Å²) < 4.78 is 5.03. The van der Waals surface area contributed by atoms with E-state index in [1.165, 1.54) is 11.0 Å². The van der Waals surface area contributed by atoms with Crippen LogP contribution < -0.4 is 4.90 Å². The maximum absolute atomic E-state index is 11.3. The van der Waals surface area contributed by atoms with E-state index in [9.17, 15) is 4.79 Å². The Morgan fingerprint density at radius 2 is 2.00 bits per heavy atom. The number of quaternary nitrogens is 1. The van der Waals surface area contributed by atoms with Crippen LogP contribution in [-0.4, -0.2) is 33.2 Å². The van der Waals surface area contributed by atoms with E-state index >= 15 is 0 Å². The van der Waals surface area contributed by atoms with Crippen LogP contribution in [0.5, 0.6) is 0 Å². The molecule has 0 amide bonds. The molecule has 86 valence electrons. The van der Waals surface area contributed by atoms with Crippen LogP contribution in [0.1, 0.15) is 5.56 Å². The molecular formula is C13H18NO2+. The van der Waals surface area contributed by atoms with Crippen molar-refractivity contribution >= 4 is 12.0 Å². The van der Waals surface area contributed by atoms with Gasteiger partial charge in [0.2, 0.25) is 0 Å². The molecule has 0 aliphatic carbocycles. The highest BCUT2D eigenvalue weighted by molar-refractivity contribution is 5.86. The Hall–Kier alpha value is -1.61. The minimum Gasteiger partial charge on any atom is -0.457 e. The molecule has 0 saturated carbocycles. The van der Waals surface area contributed by atoms with E-state index in [0.717, 1.165) is 12.1 Å². The van der Waals surface area contributed by atoms with E-state index in [4.69, 9.17) is 4.74 Å². The second kappa shape index (κ2) is 6.80. The van der Waals surface area contributed by atoms with E-state index in [2.05, 4.69) is 0 Å². The number of likely N-dealkylation sites (N-methyl/N-ethyl adjacent to an activating group) is 1. The van der Waals surface area contributed by atoms with Gasteiger partial charge in [-0.1, -0.05) is 30.3 Å². The fourth-order valence-electron chi connectivity index (χ4n) is 1.13. The summed E-state index contributed by atoms with van der Waals surface area (Å²) in [6.45, 7) is 1.28. The smallest absolute Gasteiger partial charge is 0.330 e. The Labute approximate surface area is 96.3 Å². The molecule has 1 aromatic carbocycles. The van der Waals surface area contributed by atoms with Gasteiger partial charge in [0, 0.05) is 6.08 Å². The number of rotatable bonds is 5. The maximum atomic E-state index is 11.3. The quantitative estimate of drug-likeness (QED) is 0.575. The average Bonchev–Trinajstić information content (AvgIpc) is 2.27. The Morgan fingerprint density at radius 3 is 2.62 bits per heavy atom. The number of benzene rings is 1. The first-order chi connectivity index (χ1) is 7.68. The van der Waals surface area contributed by atoms with Crippen LogP contribution in [0.25, 0.3) is 6.08 Å². The van der Waals surface area contributed by atoms with Crippen molar-refractivity contribution in [2.45, 2.75) is 0 Å². The van der Waals surface area contributed by atoms with E-state index < -0.39 is 0 Å². The summed E-state index contributed by atoms with van der Waals surface area (Å²) >= 11 is 0. The summed E-state index contributed by atoms with van der Waals surface area (Å²) in [6.07, 6.45) is 3.21. The standard InChI is InChI=1S/C13H17NO2/c1-14(2)10-11-16-13(15)9-8-12-6-4-3-5-7-12/h3-9H,10-11H2,1-2H3/p+1. The van der Waals surface area contributed by atoms with Crippen molar-refractivity contribution in [1.29, 1.82) is 0 Å². The Bertz CT molecular complexity index is 344. The highest BCUT2D eigenvalue weighted by Crippen LogP contribution is 2.00. The van der Waals surface area contributed by atoms with Gasteiger partial charge < -0.3 is 9.64 Å². The first-order valence-corrected chi connectivity index (χ1v) is 5.37. The zero-order valence-corrected chi connectivity index (χ0v) is 9.77. The number of carbonyl (C=O) groups is 1. The molecule has 0 spiro atoms. The van der Waals surface area contributed by atoms with Crippen molar-refractivity contribution in [3.8, 4) is 0 Å². The highest BCUT2D eigenvalue weighted by atomic mass is 16.5. The van der Waals surface area contributed by atoms with Crippen molar-refractivity contribution in [2.75, 3.05) is 27.2 Å². The zero-order valence-electron chi connectivity index (χ0n) is 9.77. The second-order valence-corrected chi connectivity index (χ2v) is 3.87. The lowest BCUT2D eigenvalue weighted by molar-refractivity contribution is -0.858. The number of hydrogen-bond acceptors (Lipinski definition) is 2. The van der Waals surface area contributed by atoms with E-state index in [1.807, 2.05) is 44.4 Å². The molecule has 1 rings (SSSR count). The number of nitrogens with one attached hydrogen (secondary N) is 1. The van der Waals surface area contributed by atoms with Gasteiger partial charge in [0.05, 0.1) is 14.1 Å². The first kappa shape index (κ1) is 12.5. The minimum atomic E-state index is -0.287. The number of hydrogen-bond donors (Lipinski definition) is 1. The normalized spacial score (nSPS) is 10.9. The lowest BCUT2D eigenvalue weighted by Gasteiger charge is -2.06. The third-order valence-corrected chi connectivity index (χ3v) is 2.06. The van der Waals surface area contributed by atoms with Gasteiger partial charge in [-0.3, -0.25) is 0 Å². The molecule has 0 saturated heterocycles. The first-order valence-electron chi connectivity index (χ1n) is 5.37. The molecule has 0 bridgehead atoms. The maximum Gasteiger partial charge on any atom is 0.330 e. The van der Waals surface area contributed by atoms with Crippen LogP contribution in [0.3, 0.4) is 0 Å². The minimum absolute atomic E-state index is 0.287.